The fourth-order valence-electron chi connectivity index (χ4n) is 3.87. The van der Waals surface area contributed by atoms with Crippen LogP contribution >= 0.6 is 11.6 Å². The molecule has 1 atom stereocenters. The van der Waals surface area contributed by atoms with Gasteiger partial charge in [0.15, 0.2) is 6.61 Å². The van der Waals surface area contributed by atoms with E-state index in [0.717, 1.165) is 11.1 Å². The van der Waals surface area contributed by atoms with Gasteiger partial charge in [-0.25, -0.2) is 8.42 Å². The van der Waals surface area contributed by atoms with E-state index in [1.54, 1.807) is 0 Å². The minimum absolute atomic E-state index is 0.0509. The van der Waals surface area contributed by atoms with E-state index in [1.165, 1.54) is 16.4 Å². The van der Waals surface area contributed by atoms with Crippen molar-refractivity contribution in [2.24, 2.45) is 0 Å². The van der Waals surface area contributed by atoms with Crippen LogP contribution in [-0.4, -0.2) is 43.7 Å². The van der Waals surface area contributed by atoms with Gasteiger partial charge in [-0.15, -0.1) is 0 Å². The maximum atomic E-state index is 13.4. The van der Waals surface area contributed by atoms with E-state index in [1.807, 2.05) is 32.0 Å². The van der Waals surface area contributed by atoms with Gasteiger partial charge in [0.05, 0.1) is 10.7 Å². The van der Waals surface area contributed by atoms with E-state index in [-0.39, 0.29) is 40.6 Å². The Morgan fingerprint density at radius 1 is 1.26 bits per heavy atom. The Labute approximate surface area is 185 Å². The van der Waals surface area contributed by atoms with Gasteiger partial charge in [-0.2, -0.15) is 4.31 Å². The van der Waals surface area contributed by atoms with Crippen LogP contribution in [0.4, 0.5) is 11.4 Å². The smallest absolute Gasteiger partial charge is 0.262 e. The zero-order chi connectivity index (χ0) is 22.3. The molecule has 0 radical (unpaired) electrons. The van der Waals surface area contributed by atoms with Crippen molar-refractivity contribution in [2.75, 3.05) is 23.8 Å². The first-order chi connectivity index (χ1) is 14.7. The van der Waals surface area contributed by atoms with E-state index in [4.69, 9.17) is 16.3 Å². The molecule has 2 aromatic rings. The Morgan fingerprint density at radius 2 is 2.03 bits per heavy atom. The van der Waals surface area contributed by atoms with Crippen LogP contribution in [-0.2, 0) is 19.6 Å². The van der Waals surface area contributed by atoms with Crippen LogP contribution in [0.3, 0.4) is 0 Å². The van der Waals surface area contributed by atoms with Crippen molar-refractivity contribution in [1.29, 1.82) is 0 Å². The first-order valence-corrected chi connectivity index (χ1v) is 11.6. The van der Waals surface area contributed by atoms with E-state index in [2.05, 4.69) is 10.6 Å². The van der Waals surface area contributed by atoms with Gasteiger partial charge in [0.1, 0.15) is 16.7 Å². The number of ether oxygens (including phenoxy) is 1. The Morgan fingerprint density at radius 3 is 2.77 bits per heavy atom. The number of halogens is 1. The van der Waals surface area contributed by atoms with Gasteiger partial charge >= 0.3 is 0 Å². The first-order valence-electron chi connectivity index (χ1n) is 9.83. The number of rotatable bonds is 4. The lowest BCUT2D eigenvalue weighted by Crippen LogP contribution is -2.43. The largest absolute Gasteiger partial charge is 0.482 e. The topological polar surface area (TPSA) is 105 Å². The Hall–Kier alpha value is -2.62. The van der Waals surface area contributed by atoms with Gasteiger partial charge in [0.2, 0.25) is 15.9 Å². The van der Waals surface area contributed by atoms with Crippen molar-refractivity contribution >= 4 is 44.8 Å². The number of nitrogens with one attached hydrogen (secondary N) is 2. The number of benzene rings is 2. The molecule has 1 saturated heterocycles. The average Bonchev–Trinajstić information content (AvgIpc) is 3.20. The summed E-state index contributed by atoms with van der Waals surface area (Å²) in [6.45, 7) is 3.84. The molecule has 10 heteroatoms. The second kappa shape index (κ2) is 8.14. The third kappa shape index (κ3) is 4.13. The highest BCUT2D eigenvalue weighted by Gasteiger charge is 2.41. The van der Waals surface area contributed by atoms with Gasteiger partial charge < -0.3 is 15.4 Å². The Bertz CT molecular complexity index is 1180. The van der Waals surface area contributed by atoms with Crippen LogP contribution in [0.15, 0.2) is 35.2 Å². The molecule has 0 aromatic heterocycles. The predicted octanol–water partition coefficient (Wildman–Crippen LogP) is 3.08. The molecule has 164 valence electrons. The quantitative estimate of drug-likeness (QED) is 0.725. The summed E-state index contributed by atoms with van der Waals surface area (Å²) in [7, 11) is -4.07. The molecule has 4 rings (SSSR count). The molecule has 0 bridgehead atoms. The van der Waals surface area contributed by atoms with Crippen LogP contribution in [0, 0.1) is 13.8 Å². The van der Waals surface area contributed by atoms with E-state index in [0.29, 0.717) is 24.2 Å². The van der Waals surface area contributed by atoms with Gasteiger partial charge in [-0.05, 0) is 44.4 Å². The molecule has 31 heavy (non-hydrogen) atoms. The van der Waals surface area contributed by atoms with E-state index in [9.17, 15) is 18.0 Å². The molecule has 8 nitrogen and oxygen atoms in total. The van der Waals surface area contributed by atoms with Crippen LogP contribution in [0.2, 0.25) is 5.02 Å². The number of hydrogen-bond donors (Lipinski definition) is 2. The lowest BCUT2D eigenvalue weighted by Gasteiger charge is -2.25. The zero-order valence-corrected chi connectivity index (χ0v) is 18.6. The molecule has 1 unspecified atom stereocenters. The first kappa shape index (κ1) is 21.6. The molecule has 0 saturated carbocycles. The van der Waals surface area contributed by atoms with E-state index >= 15 is 0 Å². The lowest BCUT2D eigenvalue weighted by molar-refractivity contribution is -0.119. The van der Waals surface area contributed by atoms with Crippen LogP contribution in [0.5, 0.6) is 5.75 Å². The molecule has 0 spiro atoms. The maximum Gasteiger partial charge on any atom is 0.262 e. The molecule has 2 N–H and O–H groups in total. The van der Waals surface area contributed by atoms with Crippen molar-refractivity contribution in [3.63, 3.8) is 0 Å². The molecule has 2 heterocycles. The number of anilines is 2. The second-order valence-electron chi connectivity index (χ2n) is 7.70. The highest BCUT2D eigenvalue weighted by Crippen LogP contribution is 2.38. The normalized spacial score (nSPS) is 18.8. The highest BCUT2D eigenvalue weighted by atomic mass is 35.5. The summed E-state index contributed by atoms with van der Waals surface area (Å²) in [4.78, 5) is 24.3. The second-order valence-corrected chi connectivity index (χ2v) is 9.96. The minimum Gasteiger partial charge on any atom is -0.482 e. The summed E-state index contributed by atoms with van der Waals surface area (Å²) in [5.41, 5.74) is 2.93. The number of amides is 2. The fourth-order valence-corrected chi connectivity index (χ4v) is 6.04. The summed E-state index contributed by atoms with van der Waals surface area (Å²) in [6.07, 6.45) is 0.963. The molecule has 2 amide bonds. The van der Waals surface area contributed by atoms with Crippen molar-refractivity contribution in [2.45, 2.75) is 37.6 Å². The van der Waals surface area contributed by atoms with Crippen LogP contribution in [0.25, 0.3) is 0 Å². The number of carbonyl (C=O) groups excluding carboxylic acids is 2. The summed E-state index contributed by atoms with van der Waals surface area (Å²) >= 11 is 6.25. The van der Waals surface area contributed by atoms with Crippen molar-refractivity contribution in [3.8, 4) is 5.75 Å². The van der Waals surface area contributed by atoms with Gasteiger partial charge in [-0.3, -0.25) is 9.59 Å². The third-order valence-corrected chi connectivity index (χ3v) is 7.77. The number of nitrogens with zero attached hydrogens (tertiary/aromatic N) is 1. The summed E-state index contributed by atoms with van der Waals surface area (Å²) in [5, 5.41) is 5.39. The standard InChI is InChI=1S/C21H22ClN3O5S/c1-12-5-6-15(13(2)8-12)24-21(27)17-4-3-7-25(17)31(28,29)19-10-18-16(9-14(19)22)23-20(26)11-30-18/h5-6,8-10,17H,3-4,7,11H2,1-2H3,(H,23,26)(H,24,27). The minimum atomic E-state index is -4.07. The molecule has 0 aliphatic carbocycles. The number of hydrogen-bond acceptors (Lipinski definition) is 5. The predicted molar refractivity (Wildman–Crippen MR) is 117 cm³/mol. The zero-order valence-electron chi connectivity index (χ0n) is 17.1. The highest BCUT2D eigenvalue weighted by molar-refractivity contribution is 7.89. The van der Waals surface area contributed by atoms with Gasteiger partial charge in [0.25, 0.3) is 5.91 Å². The van der Waals surface area contributed by atoms with Crippen LogP contribution < -0.4 is 15.4 Å². The van der Waals surface area contributed by atoms with E-state index < -0.39 is 16.1 Å². The maximum absolute atomic E-state index is 13.4. The monoisotopic (exact) mass is 463 g/mol. The SMILES string of the molecule is Cc1ccc(NC(=O)C2CCCN2S(=O)(=O)c2cc3c(cc2Cl)NC(=O)CO3)c(C)c1. The number of aryl methyl sites for hydroxylation is 2. The number of sulfonamides is 1. The molecule has 1 fully saturated rings. The third-order valence-electron chi connectivity index (χ3n) is 5.40. The number of fused-ring (bicyclic) bond motifs is 1. The van der Waals surface area contributed by atoms with Gasteiger partial charge in [-0.1, -0.05) is 29.3 Å². The number of carbonyl (C=O) groups is 2. The molecule has 2 aromatic carbocycles. The van der Waals surface area contributed by atoms with Gasteiger partial charge in [0, 0.05) is 18.3 Å². The van der Waals surface area contributed by atoms with Crippen molar-refractivity contribution in [3.05, 3.63) is 46.5 Å². The molecular formula is C21H22ClN3O5S. The molecular weight excluding hydrogens is 442 g/mol. The molecule has 2 aliphatic rings. The van der Waals surface area contributed by atoms with Crippen molar-refractivity contribution in [1.82, 2.24) is 4.31 Å². The Kier molecular flexibility index (Phi) is 5.67. The summed E-state index contributed by atoms with van der Waals surface area (Å²) in [6, 6.07) is 7.44. The van der Waals surface area contributed by atoms with Crippen molar-refractivity contribution < 1.29 is 22.7 Å². The fraction of sp³-hybridized carbons (Fsp3) is 0.333. The average molecular weight is 464 g/mol. The summed E-state index contributed by atoms with van der Waals surface area (Å²) in [5.74, 6) is -0.509. The van der Waals surface area contributed by atoms with Crippen LogP contribution in [0.1, 0.15) is 24.0 Å². The Balaban J connectivity index is 1.62. The molecule has 2 aliphatic heterocycles. The summed E-state index contributed by atoms with van der Waals surface area (Å²) < 4.78 is 33.3. The lowest BCUT2D eigenvalue weighted by atomic mass is 10.1.